The average molecular weight is 333 g/mol. The van der Waals surface area contributed by atoms with Gasteiger partial charge in [0.1, 0.15) is 0 Å². The first-order valence-corrected chi connectivity index (χ1v) is 7.28. The summed E-state index contributed by atoms with van der Waals surface area (Å²) in [5.41, 5.74) is 2.16. The van der Waals surface area contributed by atoms with Gasteiger partial charge in [-0.1, -0.05) is 23.7 Å². The van der Waals surface area contributed by atoms with Crippen molar-refractivity contribution < 1.29 is 9.53 Å². The predicted octanol–water partition coefficient (Wildman–Crippen LogP) is 2.48. The zero-order valence-electron chi connectivity index (χ0n) is 12.3. The van der Waals surface area contributed by atoms with E-state index in [9.17, 15) is 4.79 Å². The number of hydrogen-bond acceptors (Lipinski definition) is 3. The lowest BCUT2D eigenvalue weighted by Gasteiger charge is -2.25. The number of nitrogens with one attached hydrogen (secondary N) is 2. The Balaban J connectivity index is 0.00000220. The highest BCUT2D eigenvalue weighted by Crippen LogP contribution is 2.29. The first-order valence-electron chi connectivity index (χ1n) is 6.90. The number of rotatable bonds is 3. The maximum Gasteiger partial charge on any atom is 0.216 e. The van der Waals surface area contributed by atoms with Gasteiger partial charge in [-0.3, -0.25) is 4.79 Å². The van der Waals surface area contributed by atoms with Crippen LogP contribution in [0.4, 0.5) is 0 Å². The smallest absolute Gasteiger partial charge is 0.216 e. The van der Waals surface area contributed by atoms with Gasteiger partial charge in [-0.15, -0.1) is 12.4 Å². The van der Waals surface area contributed by atoms with Crippen molar-refractivity contribution in [2.24, 2.45) is 5.92 Å². The summed E-state index contributed by atoms with van der Waals surface area (Å²) in [7, 11) is 0. The lowest BCUT2D eigenvalue weighted by atomic mass is 9.94. The first kappa shape index (κ1) is 18.2. The molecule has 2 atom stereocenters. The molecule has 1 saturated heterocycles. The van der Waals surface area contributed by atoms with Crippen LogP contribution in [0.3, 0.4) is 0 Å². The minimum Gasteiger partial charge on any atom is -0.372 e. The highest BCUT2D eigenvalue weighted by atomic mass is 35.5. The Kier molecular flexibility index (Phi) is 7.46. The van der Waals surface area contributed by atoms with Gasteiger partial charge in [0.05, 0.1) is 12.7 Å². The summed E-state index contributed by atoms with van der Waals surface area (Å²) >= 11 is 6.08. The van der Waals surface area contributed by atoms with Crippen LogP contribution >= 0.6 is 24.0 Å². The number of ether oxygens (including phenoxy) is 1. The quantitative estimate of drug-likeness (QED) is 0.894. The molecule has 1 aliphatic rings. The van der Waals surface area contributed by atoms with E-state index in [4.69, 9.17) is 16.3 Å². The number of benzene rings is 1. The van der Waals surface area contributed by atoms with Crippen LogP contribution in [0.1, 0.15) is 24.2 Å². The summed E-state index contributed by atoms with van der Waals surface area (Å²) in [4.78, 5) is 11.1. The van der Waals surface area contributed by atoms with Crippen LogP contribution in [0, 0.1) is 12.8 Å². The Bertz CT molecular complexity index is 483. The number of halogens is 2. The van der Waals surface area contributed by atoms with Crippen LogP contribution in [0.2, 0.25) is 5.02 Å². The molecule has 2 N–H and O–H groups in total. The molecular formula is C15H22Cl2N2O2. The zero-order chi connectivity index (χ0) is 14.5. The van der Waals surface area contributed by atoms with E-state index < -0.39 is 0 Å². The molecular weight excluding hydrogens is 311 g/mol. The van der Waals surface area contributed by atoms with Crippen molar-refractivity contribution in [3.63, 3.8) is 0 Å². The van der Waals surface area contributed by atoms with Crippen molar-refractivity contribution in [1.29, 1.82) is 0 Å². The summed E-state index contributed by atoms with van der Waals surface area (Å²) in [6, 6.07) is 5.98. The molecule has 0 spiro atoms. The van der Waals surface area contributed by atoms with Crippen molar-refractivity contribution in [2.75, 3.05) is 26.2 Å². The van der Waals surface area contributed by atoms with Gasteiger partial charge < -0.3 is 15.4 Å². The molecule has 0 aromatic heterocycles. The van der Waals surface area contributed by atoms with Crippen LogP contribution in [0.5, 0.6) is 0 Å². The summed E-state index contributed by atoms with van der Waals surface area (Å²) in [5.74, 6) is 0.197. The van der Waals surface area contributed by atoms with E-state index in [1.54, 1.807) is 0 Å². The maximum absolute atomic E-state index is 11.1. The van der Waals surface area contributed by atoms with Gasteiger partial charge in [0, 0.05) is 37.5 Å². The van der Waals surface area contributed by atoms with Crippen LogP contribution in [-0.2, 0) is 9.53 Å². The topological polar surface area (TPSA) is 50.4 Å². The first-order chi connectivity index (χ1) is 9.58. The number of carbonyl (C=O) groups excluding carboxylic acids is 1. The molecule has 0 unspecified atom stereocenters. The molecule has 2 rings (SSSR count). The molecule has 6 heteroatoms. The Hall–Kier alpha value is -0.810. The lowest BCUT2D eigenvalue weighted by molar-refractivity contribution is -0.119. The molecule has 1 aliphatic heterocycles. The second kappa shape index (κ2) is 8.59. The molecule has 1 aromatic carbocycles. The van der Waals surface area contributed by atoms with Crippen molar-refractivity contribution in [3.8, 4) is 0 Å². The Morgan fingerprint density at radius 1 is 1.52 bits per heavy atom. The van der Waals surface area contributed by atoms with Crippen molar-refractivity contribution in [3.05, 3.63) is 34.3 Å². The van der Waals surface area contributed by atoms with Gasteiger partial charge >= 0.3 is 0 Å². The minimum absolute atomic E-state index is 0. The maximum atomic E-state index is 11.1. The normalized spacial score (nSPS) is 22.0. The van der Waals surface area contributed by atoms with E-state index in [1.165, 1.54) is 6.92 Å². The number of carbonyl (C=O) groups is 1. The van der Waals surface area contributed by atoms with Gasteiger partial charge in [0.2, 0.25) is 5.91 Å². The lowest BCUT2D eigenvalue weighted by Crippen LogP contribution is -2.35. The molecule has 0 aliphatic carbocycles. The van der Waals surface area contributed by atoms with Crippen LogP contribution in [0.15, 0.2) is 18.2 Å². The molecule has 1 heterocycles. The van der Waals surface area contributed by atoms with E-state index in [0.717, 1.165) is 29.2 Å². The molecule has 0 saturated carbocycles. The summed E-state index contributed by atoms with van der Waals surface area (Å²) in [6.07, 6.45) is -0.0205. The monoisotopic (exact) mass is 332 g/mol. The third kappa shape index (κ3) is 5.15. The summed E-state index contributed by atoms with van der Waals surface area (Å²) in [6.45, 7) is 6.46. The van der Waals surface area contributed by atoms with Crippen molar-refractivity contribution >= 4 is 29.9 Å². The molecule has 1 fully saturated rings. The van der Waals surface area contributed by atoms with E-state index in [1.807, 2.05) is 19.1 Å². The number of hydrogen-bond donors (Lipinski definition) is 2. The minimum atomic E-state index is -0.0205. The molecule has 1 amide bonds. The average Bonchev–Trinajstić information content (AvgIpc) is 2.65. The molecule has 0 radical (unpaired) electrons. The molecule has 4 nitrogen and oxygen atoms in total. The van der Waals surface area contributed by atoms with Crippen molar-refractivity contribution in [2.45, 2.75) is 20.0 Å². The van der Waals surface area contributed by atoms with E-state index >= 15 is 0 Å². The largest absolute Gasteiger partial charge is 0.372 e. The van der Waals surface area contributed by atoms with Crippen LogP contribution in [0.25, 0.3) is 0 Å². The third-order valence-electron chi connectivity index (χ3n) is 3.53. The Labute approximate surface area is 137 Å². The van der Waals surface area contributed by atoms with Gasteiger partial charge in [-0.05, 0) is 24.1 Å². The van der Waals surface area contributed by atoms with E-state index in [2.05, 4.69) is 16.7 Å². The highest BCUT2D eigenvalue weighted by Gasteiger charge is 2.26. The van der Waals surface area contributed by atoms with Crippen LogP contribution in [-0.4, -0.2) is 32.1 Å². The second-order valence-corrected chi connectivity index (χ2v) is 5.61. The summed E-state index contributed by atoms with van der Waals surface area (Å²) in [5, 5.41) is 6.99. The van der Waals surface area contributed by atoms with Gasteiger partial charge in [0.15, 0.2) is 0 Å². The molecule has 21 heavy (non-hydrogen) atoms. The fourth-order valence-corrected chi connectivity index (χ4v) is 2.57. The van der Waals surface area contributed by atoms with Crippen LogP contribution < -0.4 is 10.6 Å². The fraction of sp³-hybridized carbons (Fsp3) is 0.533. The number of amides is 1. The van der Waals surface area contributed by atoms with Gasteiger partial charge in [0.25, 0.3) is 0 Å². The van der Waals surface area contributed by atoms with E-state index in [0.29, 0.717) is 13.2 Å². The Morgan fingerprint density at radius 3 is 2.95 bits per heavy atom. The Morgan fingerprint density at radius 2 is 2.29 bits per heavy atom. The van der Waals surface area contributed by atoms with E-state index in [-0.39, 0.29) is 30.3 Å². The van der Waals surface area contributed by atoms with Gasteiger partial charge in [-0.25, -0.2) is 0 Å². The van der Waals surface area contributed by atoms with Crippen molar-refractivity contribution in [1.82, 2.24) is 10.6 Å². The highest BCUT2D eigenvalue weighted by molar-refractivity contribution is 6.31. The SMILES string of the molecule is CC(=O)NC[C@H]1CNCCO[C@@H]1c1ccc(Cl)c(C)c1.Cl. The summed E-state index contributed by atoms with van der Waals surface area (Å²) < 4.78 is 5.97. The molecule has 118 valence electrons. The third-order valence-corrected chi connectivity index (χ3v) is 3.96. The fourth-order valence-electron chi connectivity index (χ4n) is 2.46. The van der Waals surface area contributed by atoms with Gasteiger partial charge in [-0.2, -0.15) is 0 Å². The number of aryl methyl sites for hydroxylation is 1. The molecule has 1 aromatic rings. The zero-order valence-corrected chi connectivity index (χ0v) is 13.9. The predicted molar refractivity (Wildman–Crippen MR) is 87.2 cm³/mol. The molecule has 0 bridgehead atoms. The standard InChI is InChI=1S/C15H21ClN2O2.ClH/c1-10-7-12(3-4-14(10)16)15-13(9-18-11(2)19)8-17-5-6-20-15;/h3-4,7,13,15,17H,5-6,8-9H2,1-2H3,(H,18,19);1H/t13-,15-;/m1./s1. The second-order valence-electron chi connectivity index (χ2n) is 5.20.